The fourth-order valence-corrected chi connectivity index (χ4v) is 2.29. The molecule has 0 amide bonds. The topological polar surface area (TPSA) is 84.2 Å². The molecule has 1 fully saturated rings. The standard InChI is InChI=1S/C16H17N3O3/c20-14(21)10-19-15(12-4-2-1-3-5-12)18-9-13(16(19)22)17-8-11-6-7-11/h1-5,9,11,17H,6-8,10H2,(H,20,21). The number of anilines is 1. The van der Waals surface area contributed by atoms with Crippen LogP contribution in [0.4, 0.5) is 5.69 Å². The number of nitrogens with one attached hydrogen (secondary N) is 1. The van der Waals surface area contributed by atoms with Gasteiger partial charge in [0, 0.05) is 12.1 Å². The minimum Gasteiger partial charge on any atom is -0.480 e. The first-order valence-electron chi connectivity index (χ1n) is 7.26. The van der Waals surface area contributed by atoms with Crippen molar-refractivity contribution >= 4 is 11.7 Å². The van der Waals surface area contributed by atoms with Crippen LogP contribution in [0.2, 0.25) is 0 Å². The van der Waals surface area contributed by atoms with Gasteiger partial charge in [-0.05, 0) is 18.8 Å². The largest absolute Gasteiger partial charge is 0.480 e. The van der Waals surface area contributed by atoms with Gasteiger partial charge in [0.05, 0.1) is 6.20 Å². The van der Waals surface area contributed by atoms with E-state index in [9.17, 15) is 9.59 Å². The number of carbonyl (C=O) groups is 1. The molecule has 0 atom stereocenters. The molecule has 0 radical (unpaired) electrons. The third-order valence-electron chi connectivity index (χ3n) is 3.65. The molecule has 2 aromatic rings. The highest BCUT2D eigenvalue weighted by Gasteiger charge is 2.22. The summed E-state index contributed by atoms with van der Waals surface area (Å²) in [4.78, 5) is 27.9. The van der Waals surface area contributed by atoms with E-state index in [2.05, 4.69) is 10.3 Å². The van der Waals surface area contributed by atoms with E-state index in [1.54, 1.807) is 12.1 Å². The van der Waals surface area contributed by atoms with E-state index < -0.39 is 12.5 Å². The maximum Gasteiger partial charge on any atom is 0.323 e. The van der Waals surface area contributed by atoms with Crippen molar-refractivity contribution in [2.75, 3.05) is 11.9 Å². The van der Waals surface area contributed by atoms with Crippen molar-refractivity contribution in [2.24, 2.45) is 5.92 Å². The summed E-state index contributed by atoms with van der Waals surface area (Å²) in [7, 11) is 0. The quantitative estimate of drug-likeness (QED) is 0.850. The summed E-state index contributed by atoms with van der Waals surface area (Å²) in [6.45, 7) is 0.323. The molecule has 2 N–H and O–H groups in total. The lowest BCUT2D eigenvalue weighted by Gasteiger charge is -2.13. The van der Waals surface area contributed by atoms with Gasteiger partial charge in [0.1, 0.15) is 18.1 Å². The Morgan fingerprint density at radius 3 is 2.68 bits per heavy atom. The SMILES string of the molecule is O=C(O)Cn1c(-c2ccccc2)ncc(NCC2CC2)c1=O. The predicted octanol–water partition coefficient (Wildman–Crippen LogP) is 1.82. The van der Waals surface area contributed by atoms with Gasteiger partial charge in [0.15, 0.2) is 0 Å². The lowest BCUT2D eigenvalue weighted by molar-refractivity contribution is -0.137. The van der Waals surface area contributed by atoms with Crippen LogP contribution in [0, 0.1) is 5.92 Å². The van der Waals surface area contributed by atoms with Gasteiger partial charge < -0.3 is 10.4 Å². The van der Waals surface area contributed by atoms with Crippen LogP contribution in [0.15, 0.2) is 41.3 Å². The molecule has 0 bridgehead atoms. The van der Waals surface area contributed by atoms with Gasteiger partial charge in [-0.3, -0.25) is 14.2 Å². The van der Waals surface area contributed by atoms with E-state index in [1.807, 2.05) is 18.2 Å². The zero-order valence-corrected chi connectivity index (χ0v) is 12.0. The Bertz CT molecular complexity index is 736. The van der Waals surface area contributed by atoms with Crippen molar-refractivity contribution < 1.29 is 9.90 Å². The second-order valence-corrected chi connectivity index (χ2v) is 5.47. The van der Waals surface area contributed by atoms with Crippen LogP contribution in [0.25, 0.3) is 11.4 Å². The summed E-state index contributed by atoms with van der Waals surface area (Å²) in [6, 6.07) is 9.11. The molecule has 0 saturated heterocycles. The second-order valence-electron chi connectivity index (χ2n) is 5.47. The summed E-state index contributed by atoms with van der Waals surface area (Å²) in [5.74, 6) is -0.0912. The third-order valence-corrected chi connectivity index (χ3v) is 3.65. The zero-order chi connectivity index (χ0) is 15.5. The predicted molar refractivity (Wildman–Crippen MR) is 82.8 cm³/mol. The molecule has 6 heteroatoms. The molecule has 114 valence electrons. The van der Waals surface area contributed by atoms with Gasteiger partial charge >= 0.3 is 5.97 Å². The van der Waals surface area contributed by atoms with Crippen LogP contribution in [0.3, 0.4) is 0 Å². The molecular weight excluding hydrogens is 282 g/mol. The molecule has 1 aliphatic carbocycles. The summed E-state index contributed by atoms with van der Waals surface area (Å²) in [5, 5.41) is 12.2. The number of carboxylic acid groups (broad SMARTS) is 1. The normalized spacial score (nSPS) is 13.8. The fraction of sp³-hybridized carbons (Fsp3) is 0.312. The van der Waals surface area contributed by atoms with Gasteiger partial charge in [0.2, 0.25) is 0 Å². The monoisotopic (exact) mass is 299 g/mol. The number of carboxylic acids is 1. The third kappa shape index (κ3) is 3.16. The molecule has 1 aliphatic rings. The van der Waals surface area contributed by atoms with Gasteiger partial charge in [0.25, 0.3) is 5.56 Å². The Kier molecular flexibility index (Phi) is 3.91. The average molecular weight is 299 g/mol. The smallest absolute Gasteiger partial charge is 0.323 e. The van der Waals surface area contributed by atoms with Crippen molar-refractivity contribution in [1.29, 1.82) is 0 Å². The minimum absolute atomic E-state index is 0.350. The molecule has 1 saturated carbocycles. The molecule has 6 nitrogen and oxygen atoms in total. The Hall–Kier alpha value is -2.63. The summed E-state index contributed by atoms with van der Waals surface area (Å²) < 4.78 is 1.20. The van der Waals surface area contributed by atoms with Gasteiger partial charge in [-0.1, -0.05) is 30.3 Å². The number of benzene rings is 1. The van der Waals surface area contributed by atoms with E-state index in [1.165, 1.54) is 23.6 Å². The highest BCUT2D eigenvalue weighted by molar-refractivity contribution is 5.68. The minimum atomic E-state index is -1.07. The number of hydrogen-bond acceptors (Lipinski definition) is 4. The number of rotatable bonds is 6. The van der Waals surface area contributed by atoms with Gasteiger partial charge in [-0.15, -0.1) is 0 Å². The molecular formula is C16H17N3O3. The molecule has 22 heavy (non-hydrogen) atoms. The lowest BCUT2D eigenvalue weighted by atomic mass is 10.2. The van der Waals surface area contributed by atoms with Crippen molar-refractivity contribution in [3.63, 3.8) is 0 Å². The first-order chi connectivity index (χ1) is 10.6. The summed E-state index contributed by atoms with van der Waals surface area (Å²) >= 11 is 0. The first kappa shape index (κ1) is 14.3. The average Bonchev–Trinajstić information content (AvgIpc) is 3.33. The van der Waals surface area contributed by atoms with Gasteiger partial charge in [-0.25, -0.2) is 4.98 Å². The van der Waals surface area contributed by atoms with E-state index in [-0.39, 0.29) is 5.56 Å². The van der Waals surface area contributed by atoms with Gasteiger partial charge in [-0.2, -0.15) is 0 Å². The molecule has 1 heterocycles. The van der Waals surface area contributed by atoms with E-state index in [0.29, 0.717) is 17.4 Å². The fourth-order valence-electron chi connectivity index (χ4n) is 2.29. The maximum atomic E-state index is 12.5. The van der Waals surface area contributed by atoms with Crippen molar-refractivity contribution in [1.82, 2.24) is 9.55 Å². The Balaban J connectivity index is 2.00. The molecule has 1 aromatic heterocycles. The van der Waals surface area contributed by atoms with Crippen LogP contribution < -0.4 is 10.9 Å². The van der Waals surface area contributed by atoms with Crippen molar-refractivity contribution in [2.45, 2.75) is 19.4 Å². The van der Waals surface area contributed by atoms with E-state index in [4.69, 9.17) is 5.11 Å². The first-order valence-corrected chi connectivity index (χ1v) is 7.26. The van der Waals surface area contributed by atoms with Crippen LogP contribution in [-0.2, 0) is 11.3 Å². The highest BCUT2D eigenvalue weighted by Crippen LogP contribution is 2.28. The van der Waals surface area contributed by atoms with Crippen LogP contribution >= 0.6 is 0 Å². The Labute approximate surface area is 127 Å². The van der Waals surface area contributed by atoms with Crippen LogP contribution in [0.5, 0.6) is 0 Å². The number of nitrogens with zero attached hydrogens (tertiary/aromatic N) is 2. The Morgan fingerprint density at radius 2 is 2.05 bits per heavy atom. The lowest BCUT2D eigenvalue weighted by Crippen LogP contribution is -2.29. The van der Waals surface area contributed by atoms with E-state index >= 15 is 0 Å². The molecule has 0 aliphatic heterocycles. The highest BCUT2D eigenvalue weighted by atomic mass is 16.4. The van der Waals surface area contributed by atoms with E-state index in [0.717, 1.165) is 12.1 Å². The zero-order valence-electron chi connectivity index (χ0n) is 12.0. The molecule has 1 aromatic carbocycles. The summed E-state index contributed by atoms with van der Waals surface area (Å²) in [6.07, 6.45) is 3.84. The maximum absolute atomic E-state index is 12.5. The Morgan fingerprint density at radius 1 is 1.32 bits per heavy atom. The van der Waals surface area contributed by atoms with Crippen molar-refractivity contribution in [3.05, 3.63) is 46.9 Å². The molecule has 3 rings (SSSR count). The van der Waals surface area contributed by atoms with Crippen LogP contribution in [-0.4, -0.2) is 27.2 Å². The van der Waals surface area contributed by atoms with Crippen molar-refractivity contribution in [3.8, 4) is 11.4 Å². The molecule has 0 spiro atoms. The molecule has 0 unspecified atom stereocenters. The second kappa shape index (κ2) is 6.01. The number of aromatic nitrogens is 2. The number of hydrogen-bond donors (Lipinski definition) is 2. The summed E-state index contributed by atoms with van der Waals surface area (Å²) in [5.41, 5.74) is 0.722. The van der Waals surface area contributed by atoms with Crippen LogP contribution in [0.1, 0.15) is 12.8 Å². The number of aliphatic carboxylic acids is 1.